The van der Waals surface area contributed by atoms with Crippen LogP contribution in [0.3, 0.4) is 0 Å². The maximum atomic E-state index is 10.3. The Kier molecular flexibility index (Phi) is 5.00. The number of aromatic hydroxyl groups is 1. The van der Waals surface area contributed by atoms with Crippen LogP contribution in [0.2, 0.25) is 0 Å². The van der Waals surface area contributed by atoms with Gasteiger partial charge in [-0.15, -0.1) is 0 Å². The predicted octanol–water partition coefficient (Wildman–Crippen LogP) is 2.87. The average molecular weight is 447 g/mol. The molecule has 4 aliphatic rings. The highest BCUT2D eigenvalue weighted by atomic mass is 16.5. The van der Waals surface area contributed by atoms with E-state index in [4.69, 9.17) is 10.5 Å². The second kappa shape index (κ2) is 8.17. The summed E-state index contributed by atoms with van der Waals surface area (Å²) < 4.78 is 6.05. The van der Waals surface area contributed by atoms with E-state index in [1.165, 1.54) is 12.1 Å². The molecule has 3 fully saturated rings. The third kappa shape index (κ3) is 3.73. The number of hydrogen-bond donors (Lipinski definition) is 3. The minimum Gasteiger partial charge on any atom is -0.508 e. The van der Waals surface area contributed by atoms with Crippen molar-refractivity contribution in [3.8, 4) is 11.6 Å². The van der Waals surface area contributed by atoms with Crippen LogP contribution in [0.15, 0.2) is 59.5 Å². The molecule has 1 aromatic heterocycles. The molecule has 33 heavy (non-hydrogen) atoms. The number of likely N-dealkylation sites (tertiary alicyclic amines) is 1. The number of ether oxygens (including phenoxy) is 1. The summed E-state index contributed by atoms with van der Waals surface area (Å²) in [6, 6.07) is 12.1. The molecule has 8 heteroatoms. The predicted molar refractivity (Wildman–Crippen MR) is 127 cm³/mol. The number of anilines is 1. The van der Waals surface area contributed by atoms with Crippen LogP contribution in [0.25, 0.3) is 0 Å². The number of phenols is 1. The minimum atomic E-state index is -0.212. The fraction of sp³-hybridized carbons (Fsp3) is 0.440. The standard InChI is InChI=1S/C25H30N6O2/c26-25-22(13-21(28-29-25)20-6-1-2-7-23(20)32)30-14-17-8-9-18(15-30)31(17)16-10-11-27-24(12-16)33-19-4-3-5-19/h1-2,6-7,10-13,17-19,21,28,32H,3-5,8-9,14-15H2,(H2,26,29). The fourth-order valence-corrected chi connectivity index (χ4v) is 5.46. The lowest BCUT2D eigenvalue weighted by Crippen LogP contribution is -2.55. The molecule has 2 bridgehead atoms. The summed E-state index contributed by atoms with van der Waals surface area (Å²) in [7, 11) is 0. The first-order valence-electron chi connectivity index (χ1n) is 11.9. The van der Waals surface area contributed by atoms with Crippen LogP contribution in [0.4, 0.5) is 5.69 Å². The maximum Gasteiger partial charge on any atom is 0.215 e. The summed E-state index contributed by atoms with van der Waals surface area (Å²) in [4.78, 5) is 9.34. The van der Waals surface area contributed by atoms with Crippen LogP contribution in [0.1, 0.15) is 43.7 Å². The zero-order valence-electron chi connectivity index (χ0n) is 18.6. The lowest BCUT2D eigenvalue weighted by molar-refractivity contribution is 0.114. The van der Waals surface area contributed by atoms with Gasteiger partial charge >= 0.3 is 0 Å². The Morgan fingerprint density at radius 1 is 1.06 bits per heavy atom. The van der Waals surface area contributed by atoms with E-state index in [-0.39, 0.29) is 11.8 Å². The van der Waals surface area contributed by atoms with Gasteiger partial charge in [-0.1, -0.05) is 18.2 Å². The normalized spacial score (nSPS) is 26.8. The number of hydrogen-bond acceptors (Lipinski definition) is 8. The van der Waals surface area contributed by atoms with Crippen molar-refractivity contribution in [2.75, 3.05) is 18.0 Å². The Balaban J connectivity index is 1.21. The molecule has 6 rings (SSSR count). The SMILES string of the molecule is NC1=NNC(c2ccccc2O)C=C1N1CC2CCC(C1)N2c1ccnc(OC2CCC2)c1. The highest BCUT2D eigenvalue weighted by molar-refractivity contribution is 5.97. The fourth-order valence-electron chi connectivity index (χ4n) is 5.46. The Bertz CT molecular complexity index is 1080. The van der Waals surface area contributed by atoms with E-state index in [0.717, 1.165) is 55.9 Å². The van der Waals surface area contributed by atoms with Gasteiger partial charge in [0, 0.05) is 48.7 Å². The average Bonchev–Trinajstić information content (AvgIpc) is 3.07. The Hall–Kier alpha value is -3.42. The van der Waals surface area contributed by atoms with Gasteiger partial charge in [0.2, 0.25) is 5.88 Å². The molecule has 3 aliphatic heterocycles. The number of amidine groups is 1. The van der Waals surface area contributed by atoms with Crippen molar-refractivity contribution in [1.29, 1.82) is 0 Å². The van der Waals surface area contributed by atoms with Crippen molar-refractivity contribution in [1.82, 2.24) is 15.3 Å². The molecule has 4 N–H and O–H groups in total. The molecule has 0 radical (unpaired) electrons. The molecule has 3 atom stereocenters. The number of nitrogens with two attached hydrogens (primary N) is 1. The first kappa shape index (κ1) is 20.2. The number of nitrogens with one attached hydrogen (secondary N) is 1. The third-order valence-corrected chi connectivity index (χ3v) is 7.36. The molecule has 4 heterocycles. The lowest BCUT2D eigenvalue weighted by Gasteiger charge is -2.44. The number of nitrogens with zero attached hydrogens (tertiary/aromatic N) is 4. The molecule has 2 saturated heterocycles. The van der Waals surface area contributed by atoms with Crippen molar-refractivity contribution in [3.05, 3.63) is 59.9 Å². The van der Waals surface area contributed by atoms with E-state index < -0.39 is 0 Å². The molecule has 1 aromatic carbocycles. The molecular weight excluding hydrogens is 416 g/mol. The van der Waals surface area contributed by atoms with Crippen molar-refractivity contribution < 1.29 is 9.84 Å². The number of hydrazone groups is 1. The number of phenolic OH excluding ortho intramolecular Hbond substituents is 1. The lowest BCUT2D eigenvalue weighted by atomic mass is 9.96. The van der Waals surface area contributed by atoms with Gasteiger partial charge in [0.25, 0.3) is 0 Å². The van der Waals surface area contributed by atoms with E-state index in [9.17, 15) is 5.11 Å². The first-order chi connectivity index (χ1) is 16.2. The highest BCUT2D eigenvalue weighted by Gasteiger charge is 2.41. The van der Waals surface area contributed by atoms with Crippen LogP contribution in [0.5, 0.6) is 11.6 Å². The van der Waals surface area contributed by atoms with E-state index in [1.807, 2.05) is 24.4 Å². The summed E-state index contributed by atoms with van der Waals surface area (Å²) in [5, 5.41) is 14.7. The quantitative estimate of drug-likeness (QED) is 0.649. The Labute approximate surface area is 193 Å². The molecule has 2 aromatic rings. The maximum absolute atomic E-state index is 10.3. The van der Waals surface area contributed by atoms with Gasteiger partial charge in [0.15, 0.2) is 5.84 Å². The van der Waals surface area contributed by atoms with E-state index in [0.29, 0.717) is 24.0 Å². The second-order valence-corrected chi connectivity index (χ2v) is 9.43. The van der Waals surface area contributed by atoms with Crippen LogP contribution >= 0.6 is 0 Å². The van der Waals surface area contributed by atoms with Crippen LogP contribution in [-0.4, -0.2) is 52.1 Å². The number of aromatic nitrogens is 1. The molecule has 8 nitrogen and oxygen atoms in total. The number of rotatable bonds is 5. The molecule has 1 saturated carbocycles. The minimum absolute atomic E-state index is 0.212. The van der Waals surface area contributed by atoms with E-state index >= 15 is 0 Å². The highest BCUT2D eigenvalue weighted by Crippen LogP contribution is 2.38. The van der Waals surface area contributed by atoms with Gasteiger partial charge in [-0.2, -0.15) is 5.10 Å². The smallest absolute Gasteiger partial charge is 0.215 e. The Morgan fingerprint density at radius 3 is 2.58 bits per heavy atom. The summed E-state index contributed by atoms with van der Waals surface area (Å²) in [6.07, 6.45) is 10.1. The van der Waals surface area contributed by atoms with Gasteiger partial charge in [-0.3, -0.25) is 5.43 Å². The Morgan fingerprint density at radius 2 is 1.85 bits per heavy atom. The van der Waals surface area contributed by atoms with Crippen molar-refractivity contribution >= 4 is 11.5 Å². The van der Waals surface area contributed by atoms with E-state index in [2.05, 4.69) is 43.5 Å². The van der Waals surface area contributed by atoms with Crippen LogP contribution < -0.4 is 20.8 Å². The monoisotopic (exact) mass is 446 g/mol. The van der Waals surface area contributed by atoms with Crippen LogP contribution in [-0.2, 0) is 0 Å². The topological polar surface area (TPSA) is 99.2 Å². The van der Waals surface area contributed by atoms with Crippen molar-refractivity contribution in [3.63, 3.8) is 0 Å². The number of piperazine rings is 1. The molecular formula is C25H30N6O2. The molecule has 0 amide bonds. The number of para-hydroxylation sites is 1. The summed E-state index contributed by atoms with van der Waals surface area (Å²) in [5.74, 6) is 1.49. The van der Waals surface area contributed by atoms with Gasteiger partial charge in [0.05, 0.1) is 11.7 Å². The number of pyridine rings is 1. The summed E-state index contributed by atoms with van der Waals surface area (Å²) in [5.41, 5.74) is 12.3. The van der Waals surface area contributed by atoms with Gasteiger partial charge in [-0.05, 0) is 50.3 Å². The summed E-state index contributed by atoms with van der Waals surface area (Å²) in [6.45, 7) is 1.76. The molecule has 3 unspecified atom stereocenters. The first-order valence-corrected chi connectivity index (χ1v) is 11.9. The summed E-state index contributed by atoms with van der Waals surface area (Å²) >= 11 is 0. The molecule has 172 valence electrons. The van der Waals surface area contributed by atoms with Crippen molar-refractivity contribution in [2.24, 2.45) is 10.8 Å². The largest absolute Gasteiger partial charge is 0.508 e. The molecule has 1 aliphatic carbocycles. The molecule has 0 spiro atoms. The van der Waals surface area contributed by atoms with Crippen molar-refractivity contribution in [2.45, 2.75) is 56.3 Å². The zero-order chi connectivity index (χ0) is 22.4. The third-order valence-electron chi connectivity index (χ3n) is 7.36. The number of fused-ring (bicyclic) bond motifs is 2. The van der Waals surface area contributed by atoms with Gasteiger partial charge in [-0.25, -0.2) is 4.98 Å². The van der Waals surface area contributed by atoms with Gasteiger partial charge in [0.1, 0.15) is 11.9 Å². The van der Waals surface area contributed by atoms with E-state index in [1.54, 1.807) is 6.07 Å². The van der Waals surface area contributed by atoms with Crippen LogP contribution in [0, 0.1) is 0 Å². The number of benzene rings is 1. The van der Waals surface area contributed by atoms with Gasteiger partial charge < -0.3 is 25.4 Å². The second-order valence-electron chi connectivity index (χ2n) is 9.43. The zero-order valence-corrected chi connectivity index (χ0v) is 18.6.